The van der Waals surface area contributed by atoms with Crippen LogP contribution in [0.3, 0.4) is 0 Å². The fourth-order valence-corrected chi connectivity index (χ4v) is 4.27. The van der Waals surface area contributed by atoms with E-state index in [1.165, 1.54) is 4.90 Å². The van der Waals surface area contributed by atoms with Gasteiger partial charge in [0, 0.05) is 55.3 Å². The Morgan fingerprint density at radius 3 is 2.57 bits per heavy atom. The molecule has 3 rings (SSSR count). The van der Waals surface area contributed by atoms with Crippen LogP contribution in [0.1, 0.15) is 37.7 Å². The van der Waals surface area contributed by atoms with E-state index in [1.807, 2.05) is 24.8 Å². The van der Waals surface area contributed by atoms with Gasteiger partial charge in [-0.05, 0) is 31.2 Å². The molecule has 1 aromatic heterocycles. The highest BCUT2D eigenvalue weighted by molar-refractivity contribution is 7.99. The summed E-state index contributed by atoms with van der Waals surface area (Å²) in [6, 6.07) is 12.4. The molecule has 1 aliphatic rings. The van der Waals surface area contributed by atoms with Crippen molar-refractivity contribution >= 4 is 23.5 Å². The van der Waals surface area contributed by atoms with Crippen LogP contribution in [-0.2, 0) is 4.79 Å². The largest absolute Gasteiger partial charge is 0.355 e. The van der Waals surface area contributed by atoms with Gasteiger partial charge in [-0.1, -0.05) is 32.0 Å². The van der Waals surface area contributed by atoms with Crippen LogP contribution in [0.2, 0.25) is 0 Å². The molecule has 2 heterocycles. The van der Waals surface area contributed by atoms with Gasteiger partial charge in [-0.25, -0.2) is 9.97 Å². The van der Waals surface area contributed by atoms with E-state index in [1.54, 1.807) is 0 Å². The van der Waals surface area contributed by atoms with Gasteiger partial charge in [0.05, 0.1) is 6.54 Å². The number of benzene rings is 1. The molecule has 1 N–H and O–H groups in total. The Morgan fingerprint density at radius 2 is 1.87 bits per heavy atom. The number of carbonyl (C=O) groups excluding carboxylic acids is 1. The molecule has 1 saturated heterocycles. The number of rotatable bonds is 9. The summed E-state index contributed by atoms with van der Waals surface area (Å²) in [6.45, 7) is 11.0. The molecule has 7 heteroatoms. The second-order valence-electron chi connectivity index (χ2n) is 8.01. The van der Waals surface area contributed by atoms with E-state index in [2.05, 4.69) is 64.3 Å². The second-order valence-corrected chi connectivity index (χ2v) is 9.18. The van der Waals surface area contributed by atoms with Gasteiger partial charge in [-0.15, -0.1) is 11.8 Å². The molecule has 1 aliphatic heterocycles. The van der Waals surface area contributed by atoms with E-state index in [0.29, 0.717) is 12.5 Å². The Hall–Kier alpha value is -2.12. The number of aryl methyl sites for hydroxylation is 1. The van der Waals surface area contributed by atoms with E-state index < -0.39 is 0 Å². The van der Waals surface area contributed by atoms with Gasteiger partial charge >= 0.3 is 0 Å². The molecule has 2 aromatic rings. The third-order valence-electron chi connectivity index (χ3n) is 5.09. The lowest BCUT2D eigenvalue weighted by Crippen LogP contribution is -2.49. The Labute approximate surface area is 184 Å². The monoisotopic (exact) mass is 427 g/mol. The normalized spacial score (nSPS) is 14.9. The van der Waals surface area contributed by atoms with Gasteiger partial charge in [-0.3, -0.25) is 9.69 Å². The predicted molar refractivity (Wildman–Crippen MR) is 124 cm³/mol. The van der Waals surface area contributed by atoms with Gasteiger partial charge in [0.2, 0.25) is 5.91 Å². The maximum Gasteiger partial charge on any atom is 0.234 e. The van der Waals surface area contributed by atoms with Crippen LogP contribution in [-0.4, -0.2) is 65.8 Å². The highest BCUT2D eigenvalue weighted by Gasteiger charge is 2.21. The minimum atomic E-state index is 0.119. The zero-order valence-electron chi connectivity index (χ0n) is 18.3. The lowest BCUT2D eigenvalue weighted by Gasteiger charge is -2.35. The molecule has 1 aromatic carbocycles. The molecule has 0 atom stereocenters. The number of hydrogen-bond acceptors (Lipinski definition) is 6. The van der Waals surface area contributed by atoms with E-state index in [0.717, 1.165) is 62.2 Å². The Bertz CT molecular complexity index is 806. The Balaban J connectivity index is 1.35. The molecule has 0 aliphatic carbocycles. The second kappa shape index (κ2) is 11.3. The average Bonchev–Trinajstić information content (AvgIpc) is 2.74. The van der Waals surface area contributed by atoms with Crippen LogP contribution in [0.25, 0.3) is 0 Å². The zero-order chi connectivity index (χ0) is 21.3. The van der Waals surface area contributed by atoms with E-state index in [9.17, 15) is 4.79 Å². The molecule has 0 saturated carbocycles. The van der Waals surface area contributed by atoms with Gasteiger partial charge in [0.15, 0.2) is 0 Å². The third kappa shape index (κ3) is 6.99. The van der Waals surface area contributed by atoms with Gasteiger partial charge in [0.1, 0.15) is 11.6 Å². The lowest BCUT2D eigenvalue weighted by atomic mass is 10.2. The first-order valence-corrected chi connectivity index (χ1v) is 11.8. The molecule has 1 fully saturated rings. The minimum absolute atomic E-state index is 0.119. The van der Waals surface area contributed by atoms with E-state index >= 15 is 0 Å². The molecular formula is C23H33N5OS. The van der Waals surface area contributed by atoms with Crippen molar-refractivity contribution in [1.29, 1.82) is 0 Å². The van der Waals surface area contributed by atoms with Crippen molar-refractivity contribution in [1.82, 2.24) is 20.2 Å². The summed E-state index contributed by atoms with van der Waals surface area (Å²) in [4.78, 5) is 27.3. The van der Waals surface area contributed by atoms with E-state index in [4.69, 9.17) is 4.98 Å². The topological polar surface area (TPSA) is 61.4 Å². The molecule has 0 spiro atoms. The Morgan fingerprint density at radius 1 is 1.13 bits per heavy atom. The van der Waals surface area contributed by atoms with Crippen molar-refractivity contribution in [2.45, 2.75) is 38.0 Å². The molecule has 30 heavy (non-hydrogen) atoms. The molecule has 162 valence electrons. The van der Waals surface area contributed by atoms with Crippen LogP contribution in [0.4, 0.5) is 5.82 Å². The smallest absolute Gasteiger partial charge is 0.234 e. The summed E-state index contributed by atoms with van der Waals surface area (Å²) >= 11 is 1.83. The number of carbonyl (C=O) groups is 1. The first kappa shape index (κ1) is 22.6. The lowest BCUT2D eigenvalue weighted by molar-refractivity contribution is -0.122. The van der Waals surface area contributed by atoms with Crippen LogP contribution < -0.4 is 10.2 Å². The number of hydrogen-bond donors (Lipinski definition) is 1. The average molecular weight is 428 g/mol. The van der Waals surface area contributed by atoms with Crippen molar-refractivity contribution in [3.8, 4) is 0 Å². The number of anilines is 1. The maximum absolute atomic E-state index is 12.3. The molecular weight excluding hydrogens is 394 g/mol. The highest BCUT2D eigenvalue weighted by atomic mass is 32.2. The van der Waals surface area contributed by atoms with Crippen LogP contribution in [0.15, 0.2) is 41.3 Å². The molecule has 1 amide bonds. The number of amides is 1. The number of thioether (sulfide) groups is 1. The highest BCUT2D eigenvalue weighted by Crippen LogP contribution is 2.19. The predicted octanol–water partition coefficient (Wildman–Crippen LogP) is 3.33. The molecule has 0 radical (unpaired) electrons. The van der Waals surface area contributed by atoms with Crippen molar-refractivity contribution in [2.75, 3.05) is 49.9 Å². The number of nitrogens with zero attached hydrogens (tertiary/aromatic N) is 4. The van der Waals surface area contributed by atoms with Gasteiger partial charge < -0.3 is 10.2 Å². The summed E-state index contributed by atoms with van der Waals surface area (Å²) in [6.07, 6.45) is 0.977. The summed E-state index contributed by atoms with van der Waals surface area (Å²) < 4.78 is 0. The molecule has 0 bridgehead atoms. The minimum Gasteiger partial charge on any atom is -0.355 e. The Kier molecular flexibility index (Phi) is 8.51. The van der Waals surface area contributed by atoms with Crippen molar-refractivity contribution in [3.63, 3.8) is 0 Å². The van der Waals surface area contributed by atoms with Crippen LogP contribution in [0, 0.1) is 6.92 Å². The van der Waals surface area contributed by atoms with Crippen molar-refractivity contribution in [2.24, 2.45) is 0 Å². The molecule has 0 unspecified atom stereocenters. The summed E-state index contributed by atoms with van der Waals surface area (Å²) in [7, 11) is 0. The standard InChI is InChI=1S/C23H33N5OS/c1-18(2)23-25-19(3)16-21(26-23)28-13-11-27(12-14-28)17-22(29)24-10-7-15-30-20-8-5-4-6-9-20/h4-6,8-9,16,18H,7,10-15,17H2,1-3H3,(H,24,29). The number of aromatic nitrogens is 2. The quantitative estimate of drug-likeness (QED) is 0.489. The van der Waals surface area contributed by atoms with Crippen LogP contribution in [0.5, 0.6) is 0 Å². The first-order valence-electron chi connectivity index (χ1n) is 10.8. The van der Waals surface area contributed by atoms with E-state index in [-0.39, 0.29) is 5.91 Å². The van der Waals surface area contributed by atoms with Crippen molar-refractivity contribution < 1.29 is 4.79 Å². The third-order valence-corrected chi connectivity index (χ3v) is 6.19. The summed E-state index contributed by atoms with van der Waals surface area (Å²) in [5, 5.41) is 3.06. The fourth-order valence-electron chi connectivity index (χ4n) is 3.40. The van der Waals surface area contributed by atoms with Gasteiger partial charge in [-0.2, -0.15) is 0 Å². The van der Waals surface area contributed by atoms with Crippen LogP contribution >= 0.6 is 11.8 Å². The number of nitrogens with one attached hydrogen (secondary N) is 1. The van der Waals surface area contributed by atoms with Crippen molar-refractivity contribution in [3.05, 3.63) is 47.9 Å². The first-order chi connectivity index (χ1) is 14.5. The zero-order valence-corrected chi connectivity index (χ0v) is 19.1. The number of piperazine rings is 1. The fraction of sp³-hybridized carbons (Fsp3) is 0.522. The SMILES string of the molecule is Cc1cc(N2CCN(CC(=O)NCCCSc3ccccc3)CC2)nc(C(C)C)n1. The summed E-state index contributed by atoms with van der Waals surface area (Å²) in [5.41, 5.74) is 1.01. The maximum atomic E-state index is 12.3. The van der Waals surface area contributed by atoms with Gasteiger partial charge in [0.25, 0.3) is 0 Å². The summed E-state index contributed by atoms with van der Waals surface area (Å²) in [5.74, 6) is 3.36. The molecule has 6 nitrogen and oxygen atoms in total.